The minimum atomic E-state index is -0.0654. The molecule has 0 radical (unpaired) electrons. The van der Waals surface area contributed by atoms with Crippen LogP contribution in [0.1, 0.15) is 11.7 Å². The molecule has 0 spiro atoms. The molecule has 0 fully saturated rings. The van der Waals surface area contributed by atoms with Crippen molar-refractivity contribution < 1.29 is 0 Å². The number of nitrogens with two attached hydrogens (primary N) is 1. The summed E-state index contributed by atoms with van der Waals surface area (Å²) in [5.74, 6) is 0. The van der Waals surface area contributed by atoms with Gasteiger partial charge >= 0.3 is 0 Å². The van der Waals surface area contributed by atoms with Crippen LogP contribution < -0.4 is 5.73 Å². The van der Waals surface area contributed by atoms with Crippen molar-refractivity contribution in [2.24, 2.45) is 12.8 Å². The Bertz CT molecular complexity index is 263. The molecular weight excluding hydrogens is 234 g/mol. The molecule has 1 aromatic heterocycles. The monoisotopic (exact) mass is 247 g/mol. The Balaban J connectivity index is 2.81. The average Bonchev–Trinajstić information content (AvgIpc) is 2.29. The first-order chi connectivity index (χ1) is 6.02. The first-order valence-electron chi connectivity index (χ1n) is 3.97. The molecule has 1 rings (SSSR count). The zero-order chi connectivity index (χ0) is 10.0. The maximum atomic E-state index is 5.97. The summed E-state index contributed by atoms with van der Waals surface area (Å²) < 4.78 is 2.42. The molecule has 1 aromatic rings. The van der Waals surface area contributed by atoms with Gasteiger partial charge in [-0.1, -0.05) is 5.21 Å². The summed E-state index contributed by atoms with van der Waals surface area (Å²) in [7, 11) is 5.80. The van der Waals surface area contributed by atoms with Gasteiger partial charge in [0.1, 0.15) is 0 Å². The SMILES string of the molecule is CN(C)CC(N)c1c(Br)nnn1C. The van der Waals surface area contributed by atoms with Gasteiger partial charge in [-0.2, -0.15) is 0 Å². The van der Waals surface area contributed by atoms with Crippen LogP contribution in [0.5, 0.6) is 0 Å². The summed E-state index contributed by atoms with van der Waals surface area (Å²) in [6, 6.07) is -0.0654. The fourth-order valence-electron chi connectivity index (χ4n) is 1.21. The molecule has 74 valence electrons. The van der Waals surface area contributed by atoms with E-state index in [1.54, 1.807) is 4.68 Å². The molecule has 0 aliphatic carbocycles. The highest BCUT2D eigenvalue weighted by Crippen LogP contribution is 2.18. The van der Waals surface area contributed by atoms with Crippen LogP contribution in [0.2, 0.25) is 0 Å². The van der Waals surface area contributed by atoms with E-state index >= 15 is 0 Å². The highest BCUT2D eigenvalue weighted by Gasteiger charge is 2.16. The van der Waals surface area contributed by atoms with E-state index in [4.69, 9.17) is 5.73 Å². The Hall–Kier alpha value is -0.460. The minimum Gasteiger partial charge on any atom is -0.322 e. The predicted octanol–water partition coefficient (Wildman–Crippen LogP) is 0.139. The Morgan fingerprint density at radius 3 is 2.62 bits per heavy atom. The smallest absolute Gasteiger partial charge is 0.153 e. The summed E-state index contributed by atoms with van der Waals surface area (Å²) in [5.41, 5.74) is 6.89. The molecule has 1 atom stereocenters. The third-order valence-corrected chi connectivity index (χ3v) is 2.30. The van der Waals surface area contributed by atoms with Crippen LogP contribution in [-0.2, 0) is 7.05 Å². The zero-order valence-corrected chi connectivity index (χ0v) is 9.61. The highest BCUT2D eigenvalue weighted by atomic mass is 79.9. The quantitative estimate of drug-likeness (QED) is 0.826. The van der Waals surface area contributed by atoms with E-state index in [2.05, 4.69) is 26.2 Å². The standard InChI is InChI=1S/C7H14BrN5/c1-12(2)4-5(9)6-7(8)10-11-13(6)3/h5H,4,9H2,1-3H3. The van der Waals surface area contributed by atoms with Crippen molar-refractivity contribution in [3.05, 3.63) is 10.3 Å². The van der Waals surface area contributed by atoms with Crippen LogP contribution in [0.3, 0.4) is 0 Å². The molecular formula is C7H14BrN5. The summed E-state index contributed by atoms with van der Waals surface area (Å²) in [5, 5.41) is 7.74. The molecule has 2 N–H and O–H groups in total. The van der Waals surface area contributed by atoms with Crippen LogP contribution in [0.25, 0.3) is 0 Å². The van der Waals surface area contributed by atoms with Crippen molar-refractivity contribution in [3.8, 4) is 0 Å². The van der Waals surface area contributed by atoms with Crippen LogP contribution in [0.15, 0.2) is 4.60 Å². The van der Waals surface area contributed by atoms with Crippen molar-refractivity contribution in [2.75, 3.05) is 20.6 Å². The number of likely N-dealkylation sites (N-methyl/N-ethyl adjacent to an activating group) is 1. The fourth-order valence-corrected chi connectivity index (χ4v) is 1.83. The maximum absolute atomic E-state index is 5.97. The maximum Gasteiger partial charge on any atom is 0.153 e. The van der Waals surface area contributed by atoms with Gasteiger partial charge in [-0.3, -0.25) is 0 Å². The molecule has 1 heterocycles. The number of hydrogen-bond acceptors (Lipinski definition) is 4. The largest absolute Gasteiger partial charge is 0.322 e. The summed E-state index contributed by atoms with van der Waals surface area (Å²) in [6.45, 7) is 0.778. The number of hydrogen-bond donors (Lipinski definition) is 1. The van der Waals surface area contributed by atoms with E-state index in [1.165, 1.54) is 0 Å². The van der Waals surface area contributed by atoms with Gasteiger partial charge in [0, 0.05) is 13.6 Å². The van der Waals surface area contributed by atoms with Crippen molar-refractivity contribution >= 4 is 15.9 Å². The summed E-state index contributed by atoms with van der Waals surface area (Å²) in [6.07, 6.45) is 0. The van der Waals surface area contributed by atoms with E-state index < -0.39 is 0 Å². The van der Waals surface area contributed by atoms with Gasteiger partial charge < -0.3 is 10.6 Å². The Labute approximate surface area is 86.0 Å². The molecule has 0 bridgehead atoms. The molecule has 0 aromatic carbocycles. The predicted molar refractivity (Wildman–Crippen MR) is 54.2 cm³/mol. The lowest BCUT2D eigenvalue weighted by Crippen LogP contribution is -2.27. The lowest BCUT2D eigenvalue weighted by atomic mass is 10.2. The first kappa shape index (κ1) is 10.6. The highest BCUT2D eigenvalue weighted by molar-refractivity contribution is 9.10. The van der Waals surface area contributed by atoms with Crippen LogP contribution in [0, 0.1) is 0 Å². The minimum absolute atomic E-state index is 0.0654. The van der Waals surface area contributed by atoms with Gasteiger partial charge in [-0.05, 0) is 30.0 Å². The van der Waals surface area contributed by atoms with Crippen molar-refractivity contribution in [3.63, 3.8) is 0 Å². The molecule has 6 heteroatoms. The summed E-state index contributed by atoms with van der Waals surface area (Å²) in [4.78, 5) is 2.03. The van der Waals surface area contributed by atoms with Crippen molar-refractivity contribution in [1.29, 1.82) is 0 Å². The average molecular weight is 248 g/mol. The third kappa shape index (κ3) is 2.49. The topological polar surface area (TPSA) is 60.0 Å². The molecule has 0 amide bonds. The van der Waals surface area contributed by atoms with Gasteiger partial charge in [0.05, 0.1) is 11.7 Å². The molecule has 5 nitrogen and oxygen atoms in total. The molecule has 1 unspecified atom stereocenters. The van der Waals surface area contributed by atoms with E-state index in [0.29, 0.717) is 0 Å². The first-order valence-corrected chi connectivity index (χ1v) is 4.77. The van der Waals surface area contributed by atoms with E-state index in [9.17, 15) is 0 Å². The third-order valence-electron chi connectivity index (χ3n) is 1.74. The second-order valence-corrected chi connectivity index (χ2v) is 4.01. The fraction of sp³-hybridized carbons (Fsp3) is 0.714. The normalized spacial score (nSPS) is 13.7. The number of halogens is 1. The summed E-state index contributed by atoms with van der Waals surface area (Å²) >= 11 is 3.31. The Morgan fingerprint density at radius 1 is 1.62 bits per heavy atom. The van der Waals surface area contributed by atoms with Gasteiger partial charge in [0.2, 0.25) is 0 Å². The van der Waals surface area contributed by atoms with Crippen molar-refractivity contribution in [1.82, 2.24) is 19.9 Å². The lowest BCUT2D eigenvalue weighted by Gasteiger charge is -2.16. The van der Waals surface area contributed by atoms with E-state index in [0.717, 1.165) is 16.8 Å². The molecule has 0 aliphatic heterocycles. The number of rotatable bonds is 3. The van der Waals surface area contributed by atoms with Crippen LogP contribution in [0.4, 0.5) is 0 Å². The van der Waals surface area contributed by atoms with E-state index in [-0.39, 0.29) is 6.04 Å². The molecule has 0 saturated heterocycles. The van der Waals surface area contributed by atoms with E-state index in [1.807, 2.05) is 26.0 Å². The zero-order valence-electron chi connectivity index (χ0n) is 8.03. The molecule has 0 aliphatic rings. The van der Waals surface area contributed by atoms with Crippen LogP contribution in [-0.4, -0.2) is 40.5 Å². The second-order valence-electron chi connectivity index (χ2n) is 3.26. The number of aryl methyl sites for hydroxylation is 1. The van der Waals surface area contributed by atoms with Crippen LogP contribution >= 0.6 is 15.9 Å². The second kappa shape index (κ2) is 4.17. The number of aromatic nitrogens is 3. The van der Waals surface area contributed by atoms with Gasteiger partial charge in [0.15, 0.2) is 4.60 Å². The Morgan fingerprint density at radius 2 is 2.23 bits per heavy atom. The molecule has 13 heavy (non-hydrogen) atoms. The lowest BCUT2D eigenvalue weighted by molar-refractivity contribution is 0.368. The van der Waals surface area contributed by atoms with Crippen molar-refractivity contribution in [2.45, 2.75) is 6.04 Å². The number of nitrogens with zero attached hydrogens (tertiary/aromatic N) is 4. The molecule has 0 saturated carbocycles. The van der Waals surface area contributed by atoms with Gasteiger partial charge in [0.25, 0.3) is 0 Å². The van der Waals surface area contributed by atoms with Gasteiger partial charge in [-0.25, -0.2) is 4.68 Å². The van der Waals surface area contributed by atoms with Gasteiger partial charge in [-0.15, -0.1) is 5.10 Å². The Kier molecular flexibility index (Phi) is 3.40.